The number of fused-ring (bicyclic) bond motifs is 2. The highest BCUT2D eigenvalue weighted by atomic mass is 32.2. The minimum Gasteiger partial charge on any atom is -0.325 e. The summed E-state index contributed by atoms with van der Waals surface area (Å²) in [5, 5.41) is 1.96. The van der Waals surface area contributed by atoms with Crippen molar-refractivity contribution in [1.29, 1.82) is 0 Å². The van der Waals surface area contributed by atoms with E-state index in [1.807, 2.05) is 13.0 Å². The van der Waals surface area contributed by atoms with E-state index >= 15 is 0 Å². The highest BCUT2D eigenvalue weighted by Crippen LogP contribution is 2.54. The van der Waals surface area contributed by atoms with Crippen molar-refractivity contribution in [1.82, 2.24) is 9.55 Å². The van der Waals surface area contributed by atoms with Crippen LogP contribution in [0.15, 0.2) is 82.9 Å². The third-order valence-corrected chi connectivity index (χ3v) is 9.75. The lowest BCUT2D eigenvalue weighted by molar-refractivity contribution is -0.137. The summed E-state index contributed by atoms with van der Waals surface area (Å²) in [6.45, 7) is 1.52. The quantitative estimate of drug-likeness (QED) is 0.317. The van der Waals surface area contributed by atoms with Crippen LogP contribution in [-0.2, 0) is 27.1 Å². The molecular formula is C29H21F3N4O4S2. The molecule has 3 atom stereocenters. The Kier molecular flexibility index (Phi) is 7.01. The van der Waals surface area contributed by atoms with Gasteiger partial charge in [-0.2, -0.15) is 13.2 Å². The number of benzene rings is 2. The number of rotatable bonds is 5. The van der Waals surface area contributed by atoms with Crippen LogP contribution >= 0.6 is 23.1 Å². The number of hydrogen-bond acceptors (Lipinski definition) is 7. The molecule has 2 unspecified atom stereocenters. The van der Waals surface area contributed by atoms with Gasteiger partial charge >= 0.3 is 11.0 Å². The summed E-state index contributed by atoms with van der Waals surface area (Å²) in [6.07, 6.45) is -1.77. The average molecular weight is 611 g/mol. The van der Waals surface area contributed by atoms with Crippen LogP contribution in [0.1, 0.15) is 27.5 Å². The van der Waals surface area contributed by atoms with Crippen LogP contribution in [-0.4, -0.2) is 32.5 Å². The van der Waals surface area contributed by atoms with Crippen molar-refractivity contribution in [2.24, 2.45) is 5.92 Å². The molecule has 1 saturated heterocycles. The molecule has 1 N–H and O–H groups in total. The molecule has 1 fully saturated rings. The number of nitrogens with one attached hydrogen (secondary N) is 1. The smallest absolute Gasteiger partial charge is 0.325 e. The van der Waals surface area contributed by atoms with Crippen molar-refractivity contribution in [3.8, 4) is 0 Å². The maximum atomic E-state index is 13.9. The van der Waals surface area contributed by atoms with Gasteiger partial charge in [0.05, 0.1) is 22.2 Å². The zero-order chi connectivity index (χ0) is 29.8. The van der Waals surface area contributed by atoms with E-state index in [4.69, 9.17) is 0 Å². The number of aromatic nitrogens is 2. The third-order valence-electron chi connectivity index (χ3n) is 7.15. The maximum absolute atomic E-state index is 13.9. The molecule has 214 valence electrons. The number of alkyl halides is 3. The first-order valence-corrected chi connectivity index (χ1v) is 14.4. The fourth-order valence-electron chi connectivity index (χ4n) is 5.39. The van der Waals surface area contributed by atoms with Gasteiger partial charge in [-0.15, -0.1) is 0 Å². The Labute approximate surface area is 245 Å². The highest BCUT2D eigenvalue weighted by molar-refractivity contribution is 8.00. The molecule has 4 aromatic rings. The van der Waals surface area contributed by atoms with Crippen LogP contribution in [0.25, 0.3) is 0 Å². The van der Waals surface area contributed by atoms with Crippen molar-refractivity contribution >= 4 is 52.2 Å². The number of halogens is 3. The van der Waals surface area contributed by atoms with E-state index in [1.54, 1.807) is 30.3 Å². The van der Waals surface area contributed by atoms with Gasteiger partial charge in [-0.1, -0.05) is 53.4 Å². The summed E-state index contributed by atoms with van der Waals surface area (Å²) in [5.41, 5.74) is 0.359. The topological polar surface area (TPSA) is 101 Å². The van der Waals surface area contributed by atoms with E-state index < -0.39 is 57.1 Å². The minimum atomic E-state index is -4.80. The molecule has 6 rings (SSSR count). The number of para-hydroxylation sites is 1. The Morgan fingerprint density at radius 1 is 1.02 bits per heavy atom. The molecule has 0 bridgehead atoms. The van der Waals surface area contributed by atoms with Gasteiger partial charge in [-0.3, -0.25) is 28.7 Å². The number of aryl methyl sites for hydroxylation is 1. The molecular weight excluding hydrogens is 589 g/mol. The molecule has 2 aliphatic heterocycles. The van der Waals surface area contributed by atoms with E-state index in [1.165, 1.54) is 29.1 Å². The number of imide groups is 1. The van der Waals surface area contributed by atoms with Crippen LogP contribution in [0.4, 0.5) is 24.5 Å². The number of carbonyl (C=O) groups excluding carboxylic acids is 3. The number of thiazole rings is 1. The molecule has 13 heteroatoms. The second kappa shape index (κ2) is 10.6. The van der Waals surface area contributed by atoms with Crippen molar-refractivity contribution in [2.75, 3.05) is 10.2 Å². The van der Waals surface area contributed by atoms with Crippen LogP contribution in [0.5, 0.6) is 0 Å². The lowest BCUT2D eigenvalue weighted by Gasteiger charge is -2.30. The van der Waals surface area contributed by atoms with Crippen LogP contribution in [0.2, 0.25) is 0 Å². The number of carbonyl (C=O) groups is 3. The fourth-order valence-corrected chi connectivity index (χ4v) is 8.16. The molecule has 8 nitrogen and oxygen atoms in total. The zero-order valence-corrected chi connectivity index (χ0v) is 23.4. The van der Waals surface area contributed by atoms with Gasteiger partial charge in [0.25, 0.3) is 0 Å². The van der Waals surface area contributed by atoms with Crippen molar-refractivity contribution in [3.05, 3.63) is 104 Å². The first-order chi connectivity index (χ1) is 20.0. The molecule has 2 aromatic carbocycles. The predicted octanol–water partition coefficient (Wildman–Crippen LogP) is 5.07. The van der Waals surface area contributed by atoms with Gasteiger partial charge in [0.2, 0.25) is 17.7 Å². The average Bonchev–Trinajstić information content (AvgIpc) is 3.39. The van der Waals surface area contributed by atoms with Crippen molar-refractivity contribution in [2.45, 2.75) is 35.8 Å². The molecule has 0 aliphatic carbocycles. The summed E-state index contributed by atoms with van der Waals surface area (Å²) >= 11 is 1.77. The number of hydrogen-bond donors (Lipinski definition) is 1. The van der Waals surface area contributed by atoms with Crippen molar-refractivity contribution in [3.63, 3.8) is 0 Å². The summed E-state index contributed by atoms with van der Waals surface area (Å²) in [4.78, 5) is 58.6. The Hall–Kier alpha value is -4.23. The van der Waals surface area contributed by atoms with Gasteiger partial charge in [0.15, 0.2) is 0 Å². The van der Waals surface area contributed by atoms with Gasteiger partial charge in [0.1, 0.15) is 11.8 Å². The van der Waals surface area contributed by atoms with Crippen LogP contribution in [0, 0.1) is 12.8 Å². The highest BCUT2D eigenvalue weighted by Gasteiger charge is 2.57. The van der Waals surface area contributed by atoms with Gasteiger partial charge in [-0.05, 0) is 48.4 Å². The molecule has 3 amide bonds. The second-order valence-electron chi connectivity index (χ2n) is 9.90. The summed E-state index contributed by atoms with van der Waals surface area (Å²) < 4.78 is 42.9. The Morgan fingerprint density at radius 2 is 1.81 bits per heavy atom. The summed E-state index contributed by atoms with van der Waals surface area (Å²) in [6, 6.07) is 14.9. The van der Waals surface area contributed by atoms with Crippen molar-refractivity contribution < 1.29 is 27.6 Å². The fraction of sp³-hybridized carbons (Fsp3) is 0.207. The Morgan fingerprint density at radius 3 is 2.52 bits per heavy atom. The zero-order valence-electron chi connectivity index (χ0n) is 21.8. The molecule has 4 heterocycles. The van der Waals surface area contributed by atoms with Gasteiger partial charge in [0, 0.05) is 28.9 Å². The summed E-state index contributed by atoms with van der Waals surface area (Å²) in [5.74, 6) is -4.01. The molecule has 2 aliphatic rings. The van der Waals surface area contributed by atoms with Gasteiger partial charge in [-0.25, -0.2) is 4.90 Å². The molecule has 2 aromatic heterocycles. The van der Waals surface area contributed by atoms with Gasteiger partial charge < -0.3 is 5.32 Å². The second-order valence-corrected chi connectivity index (χ2v) is 12.0. The number of amides is 3. The largest absolute Gasteiger partial charge is 0.418 e. The number of thioether (sulfide) groups is 1. The normalized spacial score (nSPS) is 19.9. The first-order valence-electron chi connectivity index (χ1n) is 12.7. The molecule has 0 radical (unpaired) electrons. The number of anilines is 2. The van der Waals surface area contributed by atoms with E-state index in [2.05, 4.69) is 10.3 Å². The van der Waals surface area contributed by atoms with E-state index in [-0.39, 0.29) is 6.54 Å². The van der Waals surface area contributed by atoms with Crippen LogP contribution < -0.4 is 15.1 Å². The predicted molar refractivity (Wildman–Crippen MR) is 152 cm³/mol. The third kappa shape index (κ3) is 4.81. The number of nitrogens with zero attached hydrogens (tertiary/aromatic N) is 3. The lowest BCUT2D eigenvalue weighted by atomic mass is 9.84. The van der Waals surface area contributed by atoms with E-state index in [0.717, 1.165) is 40.8 Å². The Balaban J connectivity index is 1.42. The van der Waals surface area contributed by atoms with Crippen LogP contribution in [0.3, 0.4) is 0 Å². The lowest BCUT2D eigenvalue weighted by Crippen LogP contribution is -2.33. The Bertz CT molecular complexity index is 1790. The maximum Gasteiger partial charge on any atom is 0.418 e. The van der Waals surface area contributed by atoms with E-state index in [9.17, 15) is 32.3 Å². The first kappa shape index (κ1) is 27.9. The minimum absolute atomic E-state index is 0.326. The SMILES string of the molecule is Cc1cccc(NC(=O)Cn2c3c(sc2=O)[C@H](c2cccnc2)C2C(=O)N(c4ccccc4C(F)(F)F)C(=O)C2S3)c1. The number of pyridine rings is 1. The monoisotopic (exact) mass is 610 g/mol. The summed E-state index contributed by atoms with van der Waals surface area (Å²) in [7, 11) is 0. The standard InChI is InChI=1S/C29H21F3N4O4S2/c1-15-6-4-8-17(12-15)34-20(37)14-35-27-24(42-28(35)40)21(16-7-5-11-33-13-16)22-23(41-27)26(39)36(25(22)38)19-10-3-2-9-18(19)29(30,31)32/h2-13,21-23H,14H2,1H3,(H,34,37)/t21-,22?,23?/m1/s1. The molecule has 0 saturated carbocycles. The molecule has 0 spiro atoms. The van der Waals surface area contributed by atoms with E-state index in [0.29, 0.717) is 26.1 Å². The molecule has 42 heavy (non-hydrogen) atoms.